The molecule has 0 aliphatic rings. The van der Waals surface area contributed by atoms with E-state index in [0.29, 0.717) is 18.0 Å². The second kappa shape index (κ2) is 8.08. The molecular formula is C17H25ClN3OS+. The first-order valence-electron chi connectivity index (χ1n) is 8.08. The molecule has 0 aliphatic carbocycles. The summed E-state index contributed by atoms with van der Waals surface area (Å²) in [6.45, 7) is 5.70. The maximum Gasteiger partial charge on any atom is 0.228 e. The van der Waals surface area contributed by atoms with Gasteiger partial charge in [0.05, 0.1) is 37.4 Å². The summed E-state index contributed by atoms with van der Waals surface area (Å²) in [5.74, 6) is 0.163. The number of halogens is 1. The largest absolute Gasteiger partial charge is 0.338 e. The average Bonchev–Trinajstić information content (AvgIpc) is 2.88. The molecule has 1 amide bonds. The Kier molecular flexibility index (Phi) is 6.39. The predicted molar refractivity (Wildman–Crippen MR) is 98.9 cm³/mol. The van der Waals surface area contributed by atoms with Gasteiger partial charge in [-0.2, -0.15) is 0 Å². The van der Waals surface area contributed by atoms with Crippen LogP contribution in [0.25, 0.3) is 10.2 Å². The van der Waals surface area contributed by atoms with Gasteiger partial charge in [-0.25, -0.2) is 4.98 Å². The van der Waals surface area contributed by atoms with Crippen molar-refractivity contribution >= 4 is 44.2 Å². The predicted octanol–water partition coefficient (Wildman–Crippen LogP) is 2.93. The van der Waals surface area contributed by atoms with Crippen LogP contribution in [0.3, 0.4) is 0 Å². The molecule has 1 N–H and O–H groups in total. The summed E-state index contributed by atoms with van der Waals surface area (Å²) < 4.78 is 1.04. The highest BCUT2D eigenvalue weighted by molar-refractivity contribution is 7.22. The lowest BCUT2D eigenvalue weighted by Gasteiger charge is -2.20. The average molecular weight is 355 g/mol. The summed E-state index contributed by atoms with van der Waals surface area (Å²) in [5.41, 5.74) is 1.99. The summed E-state index contributed by atoms with van der Waals surface area (Å²) >= 11 is 7.69. The molecule has 4 nitrogen and oxygen atoms in total. The van der Waals surface area contributed by atoms with Crippen LogP contribution in [0.2, 0.25) is 5.02 Å². The number of rotatable bonds is 7. The molecule has 0 saturated heterocycles. The van der Waals surface area contributed by atoms with Gasteiger partial charge >= 0.3 is 0 Å². The number of benzene rings is 1. The highest BCUT2D eigenvalue weighted by Gasteiger charge is 2.20. The highest BCUT2D eigenvalue weighted by atomic mass is 35.5. The maximum absolute atomic E-state index is 12.6. The van der Waals surface area contributed by atoms with E-state index in [0.717, 1.165) is 40.3 Å². The Morgan fingerprint density at radius 3 is 2.78 bits per heavy atom. The Morgan fingerprint density at radius 2 is 2.13 bits per heavy atom. The first-order valence-corrected chi connectivity index (χ1v) is 9.28. The molecule has 2 rings (SSSR count). The minimum atomic E-state index is 0.163. The van der Waals surface area contributed by atoms with Crippen LogP contribution in [0.5, 0.6) is 0 Å². The van der Waals surface area contributed by atoms with Gasteiger partial charge in [-0.1, -0.05) is 36.3 Å². The molecule has 0 spiro atoms. The maximum atomic E-state index is 12.6. The third-order valence-electron chi connectivity index (χ3n) is 3.75. The fraction of sp³-hybridized carbons (Fsp3) is 0.529. The van der Waals surface area contributed by atoms with Crippen LogP contribution in [0.1, 0.15) is 31.7 Å². The first kappa shape index (κ1) is 18.2. The van der Waals surface area contributed by atoms with Gasteiger partial charge in [0.15, 0.2) is 5.13 Å². The molecule has 0 aliphatic heterocycles. The Hall–Kier alpha value is -1.17. The molecule has 2 aromatic rings. The number of hydrogen-bond donors (Lipinski definition) is 1. The minimum absolute atomic E-state index is 0.163. The van der Waals surface area contributed by atoms with E-state index in [1.165, 1.54) is 4.90 Å². The van der Waals surface area contributed by atoms with E-state index >= 15 is 0 Å². The van der Waals surface area contributed by atoms with Crippen molar-refractivity contribution in [1.82, 2.24) is 4.98 Å². The van der Waals surface area contributed by atoms with Crippen LogP contribution in [0.4, 0.5) is 5.13 Å². The molecule has 6 heteroatoms. The van der Waals surface area contributed by atoms with Crippen LogP contribution in [-0.2, 0) is 4.79 Å². The van der Waals surface area contributed by atoms with E-state index in [1.807, 2.05) is 24.0 Å². The molecule has 0 bridgehead atoms. The van der Waals surface area contributed by atoms with Crippen molar-refractivity contribution in [2.24, 2.45) is 0 Å². The number of carbonyl (C=O) groups is 1. The second-order valence-corrected chi connectivity index (χ2v) is 7.62. The van der Waals surface area contributed by atoms with Crippen molar-refractivity contribution in [3.8, 4) is 0 Å². The Morgan fingerprint density at radius 1 is 1.39 bits per heavy atom. The van der Waals surface area contributed by atoms with Crippen molar-refractivity contribution in [3.63, 3.8) is 0 Å². The summed E-state index contributed by atoms with van der Waals surface area (Å²) in [5, 5.41) is 1.50. The zero-order chi connectivity index (χ0) is 17.0. The molecule has 0 fully saturated rings. The number of carbonyl (C=O) groups excluding carboxylic acids is 1. The number of hydrogen-bond acceptors (Lipinski definition) is 3. The Balaban J connectivity index is 2.33. The van der Waals surface area contributed by atoms with Crippen LogP contribution in [0, 0.1) is 6.92 Å². The quantitative estimate of drug-likeness (QED) is 0.830. The minimum Gasteiger partial charge on any atom is -0.338 e. The summed E-state index contributed by atoms with van der Waals surface area (Å²) in [6.07, 6.45) is 2.52. The number of likely N-dealkylation sites (N-methyl/N-ethyl adjacent to an activating group) is 1. The number of unbranched alkanes of at least 4 members (excludes halogenated alkanes) is 1. The standard InChI is InChI=1S/C17H24ClN3OS/c1-5-6-7-15(22)21(9-8-20(3)4)17-19-16-12(2)10-13(18)11-14(16)23-17/h10-11H,5-9H2,1-4H3/p+1. The molecule has 0 unspecified atom stereocenters. The topological polar surface area (TPSA) is 37.6 Å². The molecule has 0 atom stereocenters. The van der Waals surface area contributed by atoms with E-state index in [1.54, 1.807) is 11.3 Å². The van der Waals surface area contributed by atoms with Gasteiger partial charge in [0, 0.05) is 11.4 Å². The van der Waals surface area contributed by atoms with Crippen LogP contribution in [0.15, 0.2) is 12.1 Å². The van der Waals surface area contributed by atoms with Crippen LogP contribution >= 0.6 is 22.9 Å². The fourth-order valence-electron chi connectivity index (χ4n) is 2.38. The lowest BCUT2D eigenvalue weighted by atomic mass is 10.2. The van der Waals surface area contributed by atoms with Gasteiger partial charge in [-0.15, -0.1) is 0 Å². The number of nitrogens with zero attached hydrogens (tertiary/aromatic N) is 2. The molecule has 1 heterocycles. The molecule has 1 aromatic heterocycles. The van der Waals surface area contributed by atoms with Gasteiger partial charge in [-0.05, 0) is 31.0 Å². The summed E-state index contributed by atoms with van der Waals surface area (Å²) in [6, 6.07) is 3.84. The SMILES string of the molecule is CCCCC(=O)N(CC[NH+](C)C)c1nc2c(C)cc(Cl)cc2s1. The lowest BCUT2D eigenvalue weighted by molar-refractivity contribution is -0.856. The van der Waals surface area contributed by atoms with Crippen molar-refractivity contribution in [1.29, 1.82) is 0 Å². The second-order valence-electron chi connectivity index (χ2n) is 6.17. The van der Waals surface area contributed by atoms with Crippen LogP contribution < -0.4 is 9.80 Å². The van der Waals surface area contributed by atoms with E-state index in [4.69, 9.17) is 16.6 Å². The van der Waals surface area contributed by atoms with Crippen molar-refractivity contribution < 1.29 is 9.69 Å². The van der Waals surface area contributed by atoms with Crippen LogP contribution in [-0.4, -0.2) is 38.1 Å². The van der Waals surface area contributed by atoms with Crippen molar-refractivity contribution in [2.45, 2.75) is 33.1 Å². The number of nitrogens with one attached hydrogen (secondary N) is 1. The molecule has 0 saturated carbocycles. The van der Waals surface area contributed by atoms with Gasteiger partial charge in [0.1, 0.15) is 0 Å². The van der Waals surface area contributed by atoms with E-state index in [9.17, 15) is 4.79 Å². The zero-order valence-corrected chi connectivity index (χ0v) is 15.9. The van der Waals surface area contributed by atoms with Gasteiger partial charge in [0.2, 0.25) is 5.91 Å². The number of fused-ring (bicyclic) bond motifs is 1. The Labute approximate surface area is 147 Å². The van der Waals surface area contributed by atoms with Gasteiger partial charge in [0.25, 0.3) is 0 Å². The van der Waals surface area contributed by atoms with E-state index < -0.39 is 0 Å². The van der Waals surface area contributed by atoms with E-state index in [-0.39, 0.29) is 5.91 Å². The molecule has 0 radical (unpaired) electrons. The third kappa shape index (κ3) is 4.66. The van der Waals surface area contributed by atoms with E-state index in [2.05, 4.69) is 21.0 Å². The number of thiazole rings is 1. The van der Waals surface area contributed by atoms with Crippen molar-refractivity contribution in [3.05, 3.63) is 22.7 Å². The molecule has 126 valence electrons. The number of anilines is 1. The lowest BCUT2D eigenvalue weighted by Crippen LogP contribution is -3.06. The smallest absolute Gasteiger partial charge is 0.228 e. The number of quaternary nitrogens is 1. The highest BCUT2D eigenvalue weighted by Crippen LogP contribution is 2.33. The van der Waals surface area contributed by atoms with Crippen molar-refractivity contribution in [2.75, 3.05) is 32.1 Å². The molecular weight excluding hydrogens is 330 g/mol. The summed E-state index contributed by atoms with van der Waals surface area (Å²) in [7, 11) is 4.19. The number of aromatic nitrogens is 1. The zero-order valence-electron chi connectivity index (χ0n) is 14.3. The third-order valence-corrected chi connectivity index (χ3v) is 4.99. The molecule has 23 heavy (non-hydrogen) atoms. The molecule has 1 aromatic carbocycles. The fourth-order valence-corrected chi connectivity index (χ4v) is 3.85. The number of amides is 1. The Bertz CT molecular complexity index is 684. The normalized spacial score (nSPS) is 11.4. The first-order chi connectivity index (χ1) is 10.9. The van der Waals surface area contributed by atoms with Gasteiger partial charge < -0.3 is 4.90 Å². The van der Waals surface area contributed by atoms with Gasteiger partial charge in [-0.3, -0.25) is 9.69 Å². The summed E-state index contributed by atoms with van der Waals surface area (Å²) in [4.78, 5) is 20.5. The number of aryl methyl sites for hydroxylation is 1. The monoisotopic (exact) mass is 354 g/mol.